The highest BCUT2D eigenvalue weighted by Gasteiger charge is 2.44. The average molecular weight is 1060 g/mol. The Morgan fingerprint density at radius 1 is 0.440 bits per heavy atom. The summed E-state index contributed by atoms with van der Waals surface area (Å²) in [7, 11) is 0. The molecule has 1 aliphatic rings. The molecule has 1 rings (SSSR count). The first-order valence-corrected chi connectivity index (χ1v) is 33.1. The molecule has 1 amide bonds. The maximum Gasteiger partial charge on any atom is 0.220 e. The number of nitrogens with one attached hydrogen (secondary N) is 1. The van der Waals surface area contributed by atoms with Gasteiger partial charge in [0.1, 0.15) is 24.4 Å². The van der Waals surface area contributed by atoms with Gasteiger partial charge < -0.3 is 40.3 Å². The van der Waals surface area contributed by atoms with E-state index in [9.17, 15) is 30.3 Å². The molecule has 1 fully saturated rings. The van der Waals surface area contributed by atoms with Crippen molar-refractivity contribution >= 4 is 5.91 Å². The number of hydrogen-bond acceptors (Lipinski definition) is 8. The van der Waals surface area contributed by atoms with E-state index in [1.54, 1.807) is 6.08 Å². The Morgan fingerprint density at radius 2 is 0.760 bits per heavy atom. The monoisotopic (exact) mass is 1060 g/mol. The lowest BCUT2D eigenvalue weighted by molar-refractivity contribution is -0.302. The number of ether oxygens (including phenoxy) is 2. The number of aliphatic hydroxyl groups is 5. The quantitative estimate of drug-likeness (QED) is 0.0261. The minimum Gasteiger partial charge on any atom is -0.394 e. The van der Waals surface area contributed by atoms with Gasteiger partial charge in [0, 0.05) is 6.42 Å². The van der Waals surface area contributed by atoms with Crippen LogP contribution in [0, 0.1) is 0 Å². The fraction of sp³-hybridized carbons (Fsp3) is 0.924. The van der Waals surface area contributed by atoms with Gasteiger partial charge in [0.25, 0.3) is 0 Å². The zero-order chi connectivity index (χ0) is 54.3. The van der Waals surface area contributed by atoms with Crippen molar-refractivity contribution < 1.29 is 39.8 Å². The highest BCUT2D eigenvalue weighted by Crippen LogP contribution is 2.23. The maximum atomic E-state index is 13.1. The summed E-state index contributed by atoms with van der Waals surface area (Å²) >= 11 is 0. The fourth-order valence-corrected chi connectivity index (χ4v) is 10.8. The summed E-state index contributed by atoms with van der Waals surface area (Å²) in [6, 6.07) is -0.819. The lowest BCUT2D eigenvalue weighted by Gasteiger charge is -2.40. The van der Waals surface area contributed by atoms with Crippen LogP contribution in [0.4, 0.5) is 0 Å². The van der Waals surface area contributed by atoms with E-state index in [-0.39, 0.29) is 12.5 Å². The van der Waals surface area contributed by atoms with Crippen molar-refractivity contribution in [1.82, 2.24) is 5.32 Å². The molecule has 0 saturated carbocycles. The van der Waals surface area contributed by atoms with Crippen molar-refractivity contribution in [2.24, 2.45) is 0 Å². The molecule has 6 N–H and O–H groups in total. The zero-order valence-corrected chi connectivity index (χ0v) is 49.6. The standard InChI is InChI=1S/C66H127NO8/c1-3-5-7-9-11-13-15-17-19-21-23-25-27-28-29-30-31-32-34-36-38-40-42-44-46-48-50-52-54-56-62(70)67-59(58-74-66-65(73)64(72)63(71)61(57-68)75-66)60(69)55-53-51-49-47-45-43-41-39-37-35-33-26-24-22-20-18-16-14-12-10-8-6-4-2/h45,47,53,55,59-61,63-66,68-69,71-73H,3-44,46,48-52,54,56-58H2,1-2H3,(H,67,70)/b47-45+,55-53+. The number of rotatable bonds is 58. The number of allylic oxidation sites excluding steroid dienone is 3. The second-order valence-electron chi connectivity index (χ2n) is 23.3. The third-order valence-electron chi connectivity index (χ3n) is 16.0. The summed E-state index contributed by atoms with van der Waals surface area (Å²) < 4.78 is 11.3. The van der Waals surface area contributed by atoms with Gasteiger partial charge in [-0.25, -0.2) is 0 Å². The first kappa shape index (κ1) is 71.7. The van der Waals surface area contributed by atoms with Gasteiger partial charge >= 0.3 is 0 Å². The number of aliphatic hydroxyl groups excluding tert-OH is 5. The number of unbranched alkanes of at least 4 members (excludes halogenated alkanes) is 46. The molecule has 9 nitrogen and oxygen atoms in total. The summed E-state index contributed by atoms with van der Waals surface area (Å²) in [5, 5.41) is 54.6. The first-order chi connectivity index (χ1) is 36.8. The summed E-state index contributed by atoms with van der Waals surface area (Å²) in [6.45, 7) is 3.82. The molecule has 0 aliphatic carbocycles. The number of hydrogen-bond donors (Lipinski definition) is 6. The molecule has 75 heavy (non-hydrogen) atoms. The summed E-state index contributed by atoms with van der Waals surface area (Å²) in [5.74, 6) is -0.179. The van der Waals surface area contributed by atoms with E-state index in [0.717, 1.165) is 38.5 Å². The van der Waals surface area contributed by atoms with E-state index in [1.807, 2.05) is 6.08 Å². The molecule has 0 aromatic heterocycles. The number of carbonyl (C=O) groups is 1. The molecule has 0 spiro atoms. The molecule has 0 aromatic carbocycles. The van der Waals surface area contributed by atoms with Crippen LogP contribution >= 0.6 is 0 Å². The predicted molar refractivity (Wildman–Crippen MR) is 318 cm³/mol. The average Bonchev–Trinajstić information content (AvgIpc) is 3.41. The van der Waals surface area contributed by atoms with Crippen LogP contribution in [-0.4, -0.2) is 87.5 Å². The fourth-order valence-electron chi connectivity index (χ4n) is 10.8. The van der Waals surface area contributed by atoms with Crippen LogP contribution in [0.15, 0.2) is 24.3 Å². The van der Waals surface area contributed by atoms with Crippen LogP contribution < -0.4 is 5.32 Å². The molecule has 9 heteroatoms. The van der Waals surface area contributed by atoms with Crippen LogP contribution in [0.3, 0.4) is 0 Å². The molecular formula is C66H127NO8. The number of amides is 1. The molecule has 1 aliphatic heterocycles. The Balaban J connectivity index is 2.16. The lowest BCUT2D eigenvalue weighted by atomic mass is 9.99. The molecule has 0 aromatic rings. The Kier molecular flexibility index (Phi) is 53.5. The predicted octanol–water partition coefficient (Wildman–Crippen LogP) is 17.3. The molecular weight excluding hydrogens is 935 g/mol. The highest BCUT2D eigenvalue weighted by atomic mass is 16.7. The van der Waals surface area contributed by atoms with Gasteiger partial charge in [0.15, 0.2) is 6.29 Å². The van der Waals surface area contributed by atoms with Crippen molar-refractivity contribution in [1.29, 1.82) is 0 Å². The van der Waals surface area contributed by atoms with Crippen molar-refractivity contribution in [3.05, 3.63) is 24.3 Å². The van der Waals surface area contributed by atoms with E-state index in [4.69, 9.17) is 9.47 Å². The molecule has 444 valence electrons. The van der Waals surface area contributed by atoms with Crippen molar-refractivity contribution in [3.8, 4) is 0 Å². The van der Waals surface area contributed by atoms with Gasteiger partial charge in [-0.15, -0.1) is 0 Å². The molecule has 0 bridgehead atoms. The van der Waals surface area contributed by atoms with Gasteiger partial charge in [-0.05, 0) is 32.1 Å². The van der Waals surface area contributed by atoms with E-state index in [1.165, 1.54) is 276 Å². The third kappa shape index (κ3) is 45.1. The van der Waals surface area contributed by atoms with Gasteiger partial charge in [0.2, 0.25) is 5.91 Å². The van der Waals surface area contributed by atoms with Gasteiger partial charge in [0.05, 0.1) is 25.4 Å². The van der Waals surface area contributed by atoms with Crippen molar-refractivity contribution in [3.63, 3.8) is 0 Å². The van der Waals surface area contributed by atoms with Crippen LogP contribution in [0.25, 0.3) is 0 Å². The van der Waals surface area contributed by atoms with E-state index in [2.05, 4.69) is 31.3 Å². The minimum atomic E-state index is -1.57. The van der Waals surface area contributed by atoms with Gasteiger partial charge in [-0.2, -0.15) is 0 Å². The molecule has 1 saturated heterocycles. The van der Waals surface area contributed by atoms with Crippen LogP contribution in [0.1, 0.15) is 335 Å². The maximum absolute atomic E-state index is 13.1. The minimum absolute atomic E-state index is 0.179. The van der Waals surface area contributed by atoms with Gasteiger partial charge in [-0.1, -0.05) is 321 Å². The van der Waals surface area contributed by atoms with Gasteiger partial charge in [-0.3, -0.25) is 4.79 Å². The normalized spacial score (nSPS) is 18.9. The molecule has 7 atom stereocenters. The van der Waals surface area contributed by atoms with Crippen LogP contribution in [0.2, 0.25) is 0 Å². The summed E-state index contributed by atoms with van der Waals surface area (Å²) in [6.07, 6.45) is 65.6. The Labute approximate surface area is 464 Å². The van der Waals surface area contributed by atoms with Crippen LogP contribution in [0.5, 0.6) is 0 Å². The zero-order valence-electron chi connectivity index (χ0n) is 49.6. The molecule has 1 heterocycles. The van der Waals surface area contributed by atoms with Crippen molar-refractivity contribution in [2.75, 3.05) is 13.2 Å². The second-order valence-corrected chi connectivity index (χ2v) is 23.3. The first-order valence-electron chi connectivity index (χ1n) is 33.1. The topological polar surface area (TPSA) is 149 Å². The van der Waals surface area contributed by atoms with E-state index in [0.29, 0.717) is 6.42 Å². The molecule has 0 radical (unpaired) electrons. The Bertz CT molecular complexity index is 1230. The second kappa shape index (κ2) is 56.0. The van der Waals surface area contributed by atoms with E-state index >= 15 is 0 Å². The summed E-state index contributed by atoms with van der Waals surface area (Å²) in [5.41, 5.74) is 0. The van der Waals surface area contributed by atoms with Crippen LogP contribution in [-0.2, 0) is 14.3 Å². The van der Waals surface area contributed by atoms with E-state index < -0.39 is 49.5 Å². The molecule has 7 unspecified atom stereocenters. The summed E-state index contributed by atoms with van der Waals surface area (Å²) in [4.78, 5) is 13.1. The third-order valence-corrected chi connectivity index (χ3v) is 16.0. The smallest absolute Gasteiger partial charge is 0.220 e. The largest absolute Gasteiger partial charge is 0.394 e. The Morgan fingerprint density at radius 3 is 1.12 bits per heavy atom. The van der Waals surface area contributed by atoms with Crippen molar-refractivity contribution in [2.45, 2.75) is 378 Å². The highest BCUT2D eigenvalue weighted by molar-refractivity contribution is 5.76. The lowest BCUT2D eigenvalue weighted by Crippen LogP contribution is -2.60. The SMILES string of the molecule is CCCCCCCCCCCCCCCCCCC/C=C/CC/C=C/C(O)C(COC1OC(CO)C(O)C(O)C1O)NC(=O)CCCCCCCCCCCCCCCCCCCCCCCCCCCCCCC. The number of carbonyl (C=O) groups excluding carboxylic acids is 1. The Hall–Kier alpha value is -1.33.